The Morgan fingerprint density at radius 2 is 2.15 bits per heavy atom. The topological polar surface area (TPSA) is 73.3 Å². The molecule has 1 unspecified atom stereocenters. The van der Waals surface area contributed by atoms with Gasteiger partial charge in [0.05, 0.1) is 23.6 Å². The number of halogens is 1. The fourth-order valence-electron chi connectivity index (χ4n) is 3.36. The molecular formula is C20H19ClN2O4. The number of rotatable bonds is 5. The van der Waals surface area contributed by atoms with Crippen LogP contribution >= 0.6 is 11.6 Å². The van der Waals surface area contributed by atoms with Crippen LogP contribution in [0.5, 0.6) is 5.75 Å². The third-order valence-electron chi connectivity index (χ3n) is 4.71. The fraction of sp³-hybridized carbons (Fsp3) is 0.300. The van der Waals surface area contributed by atoms with Gasteiger partial charge in [0, 0.05) is 11.6 Å². The van der Waals surface area contributed by atoms with E-state index in [1.165, 1.54) is 0 Å². The summed E-state index contributed by atoms with van der Waals surface area (Å²) in [6.45, 7) is 1.04. The summed E-state index contributed by atoms with van der Waals surface area (Å²) in [7, 11) is 0. The summed E-state index contributed by atoms with van der Waals surface area (Å²) in [5.41, 5.74) is 2.41. The van der Waals surface area contributed by atoms with Gasteiger partial charge in [-0.05, 0) is 48.7 Å². The van der Waals surface area contributed by atoms with Crippen molar-refractivity contribution < 1.29 is 14.3 Å². The highest BCUT2D eigenvalue weighted by molar-refractivity contribution is 6.30. The van der Waals surface area contributed by atoms with E-state index in [4.69, 9.17) is 21.1 Å². The minimum absolute atomic E-state index is 0.156. The molecule has 0 radical (unpaired) electrons. The zero-order chi connectivity index (χ0) is 18.8. The van der Waals surface area contributed by atoms with Gasteiger partial charge >= 0.3 is 11.7 Å². The molecule has 0 saturated carbocycles. The lowest BCUT2D eigenvalue weighted by molar-refractivity contribution is -0.150. The van der Waals surface area contributed by atoms with E-state index in [0.29, 0.717) is 31.0 Å². The van der Waals surface area contributed by atoms with Gasteiger partial charge < -0.3 is 14.5 Å². The quantitative estimate of drug-likeness (QED) is 0.540. The Morgan fingerprint density at radius 3 is 3.04 bits per heavy atom. The van der Waals surface area contributed by atoms with Crippen molar-refractivity contribution in [3.05, 3.63) is 63.5 Å². The summed E-state index contributed by atoms with van der Waals surface area (Å²) in [5, 5.41) is 0.621. The van der Waals surface area contributed by atoms with E-state index in [1.54, 1.807) is 10.6 Å². The number of H-pyrrole nitrogens is 1. The van der Waals surface area contributed by atoms with E-state index in [0.717, 1.165) is 22.3 Å². The van der Waals surface area contributed by atoms with Gasteiger partial charge in [-0.1, -0.05) is 23.7 Å². The number of nitrogens with one attached hydrogen (secondary N) is 1. The minimum atomic E-state index is -0.341. The molecule has 6 nitrogen and oxygen atoms in total. The van der Waals surface area contributed by atoms with Crippen LogP contribution in [0.2, 0.25) is 5.02 Å². The molecule has 1 aliphatic heterocycles. The van der Waals surface area contributed by atoms with Crippen LogP contribution in [0.3, 0.4) is 0 Å². The van der Waals surface area contributed by atoms with E-state index in [-0.39, 0.29) is 24.2 Å². The maximum absolute atomic E-state index is 12.3. The number of hydrogen-bond donors (Lipinski definition) is 1. The van der Waals surface area contributed by atoms with Crippen LogP contribution in [0, 0.1) is 5.92 Å². The number of nitrogens with zero attached hydrogens (tertiary/aromatic N) is 1. The van der Waals surface area contributed by atoms with Gasteiger partial charge in [-0.3, -0.25) is 9.36 Å². The zero-order valence-electron chi connectivity index (χ0n) is 14.6. The highest BCUT2D eigenvalue weighted by atomic mass is 35.5. The smallest absolute Gasteiger partial charge is 0.326 e. The molecule has 0 fully saturated rings. The van der Waals surface area contributed by atoms with Gasteiger partial charge in [-0.25, -0.2) is 4.79 Å². The van der Waals surface area contributed by atoms with Gasteiger partial charge in [-0.2, -0.15) is 0 Å². The van der Waals surface area contributed by atoms with Gasteiger partial charge in [-0.15, -0.1) is 0 Å². The molecule has 4 rings (SSSR count). The van der Waals surface area contributed by atoms with Crippen molar-refractivity contribution >= 4 is 28.6 Å². The first-order chi connectivity index (χ1) is 13.1. The molecule has 0 bridgehead atoms. The van der Waals surface area contributed by atoms with Crippen LogP contribution in [0.1, 0.15) is 12.0 Å². The van der Waals surface area contributed by atoms with Crippen LogP contribution in [0.4, 0.5) is 0 Å². The summed E-state index contributed by atoms with van der Waals surface area (Å²) in [5.74, 6) is 0.140. The molecule has 2 aromatic carbocycles. The molecule has 7 heteroatoms. The molecule has 1 N–H and O–H groups in total. The maximum Gasteiger partial charge on any atom is 0.326 e. The van der Waals surface area contributed by atoms with Crippen LogP contribution in [-0.2, 0) is 22.5 Å². The average Bonchev–Trinajstić information content (AvgIpc) is 2.99. The summed E-state index contributed by atoms with van der Waals surface area (Å²) >= 11 is 6.01. The van der Waals surface area contributed by atoms with Crippen molar-refractivity contribution in [2.45, 2.75) is 19.4 Å². The average molecular weight is 387 g/mol. The predicted octanol–water partition coefficient (Wildman–Crippen LogP) is 3.17. The second kappa shape index (κ2) is 7.48. The maximum atomic E-state index is 12.3. The van der Waals surface area contributed by atoms with Crippen molar-refractivity contribution in [2.24, 2.45) is 5.92 Å². The fourth-order valence-corrected chi connectivity index (χ4v) is 3.55. The Bertz CT molecular complexity index is 1040. The van der Waals surface area contributed by atoms with Crippen molar-refractivity contribution in [2.75, 3.05) is 13.2 Å². The highest BCUT2D eigenvalue weighted by Gasteiger charge is 2.27. The lowest BCUT2D eigenvalue weighted by atomic mass is 9.97. The number of aromatic amines is 1. The van der Waals surface area contributed by atoms with Crippen LogP contribution in [-0.4, -0.2) is 28.7 Å². The molecule has 140 valence electrons. The number of aromatic nitrogens is 2. The number of fused-ring (bicyclic) bond motifs is 2. The second-order valence-corrected chi connectivity index (χ2v) is 7.02. The molecule has 0 saturated heterocycles. The van der Waals surface area contributed by atoms with Crippen molar-refractivity contribution in [1.29, 1.82) is 0 Å². The first-order valence-electron chi connectivity index (χ1n) is 8.87. The van der Waals surface area contributed by atoms with E-state index in [2.05, 4.69) is 4.98 Å². The molecule has 1 aliphatic rings. The standard InChI is InChI=1S/C20H19ClN2O4/c21-15-6-7-18-13(11-15)10-14(12-27-18)19(24)26-9-3-8-23-17-5-2-1-4-16(17)22-20(23)25/h1-2,4-7,11,14H,3,8-10,12H2,(H,22,25). The molecule has 0 amide bonds. The first-order valence-corrected chi connectivity index (χ1v) is 9.25. The minimum Gasteiger partial charge on any atom is -0.492 e. The molecule has 27 heavy (non-hydrogen) atoms. The van der Waals surface area contributed by atoms with E-state index in [1.807, 2.05) is 36.4 Å². The largest absolute Gasteiger partial charge is 0.492 e. The third-order valence-corrected chi connectivity index (χ3v) is 4.95. The number of esters is 1. The summed E-state index contributed by atoms with van der Waals surface area (Å²) in [6.07, 6.45) is 1.11. The van der Waals surface area contributed by atoms with E-state index >= 15 is 0 Å². The summed E-state index contributed by atoms with van der Waals surface area (Å²) in [4.78, 5) is 27.2. The Labute approximate surface area is 160 Å². The van der Waals surface area contributed by atoms with Gasteiger partial charge in [0.15, 0.2) is 0 Å². The van der Waals surface area contributed by atoms with Crippen molar-refractivity contribution in [3.8, 4) is 5.75 Å². The third kappa shape index (κ3) is 3.71. The van der Waals surface area contributed by atoms with Gasteiger partial charge in [0.25, 0.3) is 0 Å². The summed E-state index contributed by atoms with van der Waals surface area (Å²) in [6, 6.07) is 12.9. The normalized spacial score (nSPS) is 16.0. The molecule has 3 aromatic rings. The Balaban J connectivity index is 1.31. The van der Waals surface area contributed by atoms with Crippen LogP contribution in [0.25, 0.3) is 11.0 Å². The monoisotopic (exact) mass is 386 g/mol. The number of para-hydroxylation sites is 2. The van der Waals surface area contributed by atoms with Crippen molar-refractivity contribution in [3.63, 3.8) is 0 Å². The number of carbonyl (C=O) groups excluding carboxylic acids is 1. The number of aryl methyl sites for hydroxylation is 1. The lowest BCUT2D eigenvalue weighted by Crippen LogP contribution is -2.30. The number of ether oxygens (including phenoxy) is 2. The Hall–Kier alpha value is -2.73. The number of carbonyl (C=O) groups is 1. The zero-order valence-corrected chi connectivity index (χ0v) is 15.4. The van der Waals surface area contributed by atoms with Gasteiger partial charge in [0.1, 0.15) is 12.4 Å². The number of imidazole rings is 1. The molecule has 2 heterocycles. The first kappa shape index (κ1) is 17.7. The molecule has 1 atom stereocenters. The second-order valence-electron chi connectivity index (χ2n) is 6.58. The molecular weight excluding hydrogens is 368 g/mol. The SMILES string of the molecule is O=C(OCCCn1c(=O)[nH]c2ccccc21)C1COc2ccc(Cl)cc2C1. The van der Waals surface area contributed by atoms with Crippen LogP contribution < -0.4 is 10.4 Å². The van der Waals surface area contributed by atoms with Crippen LogP contribution in [0.15, 0.2) is 47.3 Å². The predicted molar refractivity (Wildman–Crippen MR) is 102 cm³/mol. The lowest BCUT2D eigenvalue weighted by Gasteiger charge is -2.24. The summed E-state index contributed by atoms with van der Waals surface area (Å²) < 4.78 is 12.7. The highest BCUT2D eigenvalue weighted by Crippen LogP contribution is 2.30. The number of benzene rings is 2. The Kier molecular flexibility index (Phi) is 4.90. The molecule has 1 aromatic heterocycles. The van der Waals surface area contributed by atoms with E-state index in [9.17, 15) is 9.59 Å². The Morgan fingerprint density at radius 1 is 1.30 bits per heavy atom. The van der Waals surface area contributed by atoms with Gasteiger partial charge in [0.2, 0.25) is 0 Å². The van der Waals surface area contributed by atoms with E-state index < -0.39 is 0 Å². The number of hydrogen-bond acceptors (Lipinski definition) is 4. The van der Waals surface area contributed by atoms with Crippen molar-refractivity contribution in [1.82, 2.24) is 9.55 Å². The molecule has 0 aliphatic carbocycles. The molecule has 0 spiro atoms.